The second kappa shape index (κ2) is 2.85. The normalized spacial score (nSPS) is 10.9. The Hall–Kier alpha value is -0.360. The lowest BCUT2D eigenvalue weighted by atomic mass is 10.5. The van der Waals surface area contributed by atoms with Gasteiger partial charge in [-0.3, -0.25) is 4.40 Å². The number of pyridine rings is 1. The van der Waals surface area contributed by atoms with Gasteiger partial charge >= 0.3 is 0 Å². The summed E-state index contributed by atoms with van der Waals surface area (Å²) >= 11 is 8.06. The maximum atomic E-state index is 5.87. The molecule has 2 rings (SSSR count). The zero-order valence-electron chi connectivity index (χ0n) is 6.25. The van der Waals surface area contributed by atoms with E-state index in [2.05, 4.69) is 32.8 Å². The fraction of sp³-hybridized carbons (Fsp3) is 0.143. The van der Waals surface area contributed by atoms with Crippen LogP contribution in [-0.4, -0.2) is 14.6 Å². The maximum absolute atomic E-state index is 5.87. The first-order valence-corrected chi connectivity index (χ1v) is 4.80. The molecule has 0 aromatic carbocycles. The van der Waals surface area contributed by atoms with Gasteiger partial charge in [-0.25, -0.2) is 0 Å². The first-order valence-electron chi connectivity index (χ1n) is 3.35. The van der Waals surface area contributed by atoms with Crippen LogP contribution in [0.4, 0.5) is 0 Å². The van der Waals surface area contributed by atoms with Gasteiger partial charge in [0.05, 0.1) is 8.59 Å². The second-order valence-corrected chi connectivity index (χ2v) is 4.05. The van der Waals surface area contributed by atoms with Crippen molar-refractivity contribution in [3.63, 3.8) is 0 Å². The van der Waals surface area contributed by atoms with Gasteiger partial charge in [0.25, 0.3) is 0 Å². The van der Waals surface area contributed by atoms with Crippen molar-refractivity contribution in [3.05, 3.63) is 26.7 Å². The summed E-state index contributed by atoms with van der Waals surface area (Å²) in [6, 6.07) is 1.87. The monoisotopic (exact) mass is 293 g/mol. The Bertz CT molecular complexity index is 437. The lowest BCUT2D eigenvalue weighted by molar-refractivity contribution is 1.01. The number of rotatable bonds is 0. The van der Waals surface area contributed by atoms with Crippen LogP contribution in [0.1, 0.15) is 5.82 Å². The molecule has 0 fully saturated rings. The van der Waals surface area contributed by atoms with Crippen LogP contribution in [0.15, 0.2) is 12.3 Å². The van der Waals surface area contributed by atoms with Crippen molar-refractivity contribution in [2.75, 3.05) is 0 Å². The topological polar surface area (TPSA) is 30.2 Å². The molecule has 0 aliphatic carbocycles. The minimum Gasteiger partial charge on any atom is -0.284 e. The van der Waals surface area contributed by atoms with E-state index in [9.17, 15) is 0 Å². The molecule has 12 heavy (non-hydrogen) atoms. The summed E-state index contributed by atoms with van der Waals surface area (Å²) in [5, 5.41) is 8.66. The smallest absolute Gasteiger partial charge is 0.174 e. The van der Waals surface area contributed by atoms with Gasteiger partial charge in [-0.2, -0.15) is 0 Å². The minimum absolute atomic E-state index is 0.704. The van der Waals surface area contributed by atoms with Crippen molar-refractivity contribution in [3.8, 4) is 0 Å². The number of hydrogen-bond donors (Lipinski definition) is 0. The number of hydrogen-bond acceptors (Lipinski definition) is 2. The molecule has 5 heteroatoms. The summed E-state index contributed by atoms with van der Waals surface area (Å²) in [6.07, 6.45) is 1.81. The Morgan fingerprint density at radius 3 is 3.00 bits per heavy atom. The molecular weight excluding hydrogens is 288 g/mol. The highest BCUT2D eigenvalue weighted by Gasteiger charge is 2.05. The van der Waals surface area contributed by atoms with Gasteiger partial charge in [0.1, 0.15) is 5.82 Å². The number of nitrogens with zero attached hydrogens (tertiary/aromatic N) is 3. The Morgan fingerprint density at radius 2 is 2.25 bits per heavy atom. The minimum atomic E-state index is 0.704. The molecule has 0 N–H and O–H groups in total. The third-order valence-electron chi connectivity index (χ3n) is 1.60. The van der Waals surface area contributed by atoms with Crippen molar-refractivity contribution in [1.82, 2.24) is 14.6 Å². The van der Waals surface area contributed by atoms with Crippen LogP contribution in [0.3, 0.4) is 0 Å². The van der Waals surface area contributed by atoms with E-state index in [1.165, 1.54) is 0 Å². The molecule has 0 saturated heterocycles. The predicted molar refractivity (Wildman–Crippen MR) is 55.5 cm³/mol. The molecule has 2 aromatic heterocycles. The van der Waals surface area contributed by atoms with Crippen molar-refractivity contribution >= 4 is 39.8 Å². The highest BCUT2D eigenvalue weighted by atomic mass is 127. The quantitative estimate of drug-likeness (QED) is 0.698. The first kappa shape index (κ1) is 8.25. The van der Waals surface area contributed by atoms with Crippen molar-refractivity contribution in [1.29, 1.82) is 0 Å². The highest BCUT2D eigenvalue weighted by molar-refractivity contribution is 14.1. The molecule has 0 unspecified atom stereocenters. The van der Waals surface area contributed by atoms with Crippen LogP contribution >= 0.6 is 34.2 Å². The molecule has 0 atom stereocenters. The molecule has 2 aromatic rings. The van der Waals surface area contributed by atoms with Crippen LogP contribution < -0.4 is 0 Å². The average Bonchev–Trinajstić information content (AvgIpc) is 2.33. The predicted octanol–water partition coefficient (Wildman–Crippen LogP) is 2.30. The van der Waals surface area contributed by atoms with Gasteiger partial charge in [-0.1, -0.05) is 11.6 Å². The fourth-order valence-corrected chi connectivity index (χ4v) is 2.13. The van der Waals surface area contributed by atoms with E-state index in [0.717, 1.165) is 15.0 Å². The van der Waals surface area contributed by atoms with Crippen molar-refractivity contribution in [2.45, 2.75) is 6.92 Å². The van der Waals surface area contributed by atoms with Gasteiger partial charge in [0.2, 0.25) is 0 Å². The van der Waals surface area contributed by atoms with Gasteiger partial charge in [0, 0.05) is 6.20 Å². The average molecular weight is 293 g/mol. The summed E-state index contributed by atoms with van der Waals surface area (Å²) in [4.78, 5) is 0. The summed E-state index contributed by atoms with van der Waals surface area (Å²) in [7, 11) is 0. The van der Waals surface area contributed by atoms with Gasteiger partial charge in [-0.15, -0.1) is 10.2 Å². The summed E-state index contributed by atoms with van der Waals surface area (Å²) in [5.74, 6) is 0.852. The van der Waals surface area contributed by atoms with E-state index >= 15 is 0 Å². The zero-order valence-corrected chi connectivity index (χ0v) is 9.17. The lowest BCUT2D eigenvalue weighted by Crippen LogP contribution is -1.89. The highest BCUT2D eigenvalue weighted by Crippen LogP contribution is 2.18. The Kier molecular flexibility index (Phi) is 1.96. The summed E-state index contributed by atoms with van der Waals surface area (Å²) in [6.45, 7) is 1.90. The maximum Gasteiger partial charge on any atom is 0.174 e. The van der Waals surface area contributed by atoms with Crippen LogP contribution in [0.25, 0.3) is 5.65 Å². The first-order chi connectivity index (χ1) is 5.68. The van der Waals surface area contributed by atoms with Crippen molar-refractivity contribution in [2.24, 2.45) is 0 Å². The summed E-state index contributed by atoms with van der Waals surface area (Å²) in [5.41, 5.74) is 0.859. The van der Waals surface area contributed by atoms with E-state index in [1.54, 1.807) is 0 Å². The molecular formula is C7H5ClIN3. The van der Waals surface area contributed by atoms with Gasteiger partial charge in [0.15, 0.2) is 5.65 Å². The van der Waals surface area contributed by atoms with E-state index in [4.69, 9.17) is 11.6 Å². The Labute approximate surface area is 87.9 Å². The van der Waals surface area contributed by atoms with Crippen LogP contribution in [0.5, 0.6) is 0 Å². The molecule has 0 radical (unpaired) electrons. The Morgan fingerprint density at radius 1 is 1.50 bits per heavy atom. The molecule has 2 heterocycles. The lowest BCUT2D eigenvalue weighted by Gasteiger charge is -1.97. The number of aromatic nitrogens is 3. The standard InChI is InChI=1S/C7H5ClIN3/c1-4-10-11-7-6(9)2-5(8)3-12(4)7/h2-3H,1H3. The molecule has 0 amide bonds. The molecule has 0 saturated carbocycles. The van der Waals surface area contributed by atoms with Crippen molar-refractivity contribution < 1.29 is 0 Å². The van der Waals surface area contributed by atoms with Gasteiger partial charge in [-0.05, 0) is 35.6 Å². The van der Waals surface area contributed by atoms with Crippen LogP contribution in [0, 0.1) is 10.5 Å². The largest absolute Gasteiger partial charge is 0.284 e. The Balaban J connectivity index is 2.92. The molecule has 0 spiro atoms. The van der Waals surface area contributed by atoms with E-state index in [1.807, 2.05) is 23.6 Å². The van der Waals surface area contributed by atoms with E-state index in [0.29, 0.717) is 5.02 Å². The van der Waals surface area contributed by atoms with Gasteiger partial charge < -0.3 is 0 Å². The third-order valence-corrected chi connectivity index (χ3v) is 2.60. The zero-order chi connectivity index (χ0) is 8.72. The van der Waals surface area contributed by atoms with E-state index < -0.39 is 0 Å². The molecule has 3 nitrogen and oxygen atoms in total. The number of halogens is 2. The van der Waals surface area contributed by atoms with E-state index in [-0.39, 0.29) is 0 Å². The fourth-order valence-electron chi connectivity index (χ4n) is 1.03. The molecule has 0 aliphatic rings. The third kappa shape index (κ3) is 1.19. The molecule has 0 bridgehead atoms. The number of fused-ring (bicyclic) bond motifs is 1. The van der Waals surface area contributed by atoms with Crippen LogP contribution in [0.2, 0.25) is 5.02 Å². The summed E-state index contributed by atoms with van der Waals surface area (Å²) < 4.78 is 2.89. The SMILES string of the molecule is Cc1nnc2c(I)cc(Cl)cn12. The number of aryl methyl sites for hydroxylation is 1. The second-order valence-electron chi connectivity index (χ2n) is 2.45. The van der Waals surface area contributed by atoms with Crippen LogP contribution in [-0.2, 0) is 0 Å². The molecule has 62 valence electrons. The molecule has 0 aliphatic heterocycles.